The molecule has 0 amide bonds. The van der Waals surface area contributed by atoms with Crippen molar-refractivity contribution in [2.45, 2.75) is 39.5 Å². The second-order valence-electron chi connectivity index (χ2n) is 5.50. The Morgan fingerprint density at radius 1 is 0.846 bits per heavy atom. The normalized spacial score (nSPS) is 39.2. The maximum absolute atomic E-state index is 2.47. The highest BCUT2D eigenvalue weighted by Gasteiger charge is 2.36. The van der Waals surface area contributed by atoms with Crippen molar-refractivity contribution in [3.63, 3.8) is 0 Å². The average Bonchev–Trinajstić information content (AvgIpc) is 2.47. The molecule has 2 aliphatic heterocycles. The summed E-state index contributed by atoms with van der Waals surface area (Å²) in [6.45, 7) is 10.8. The van der Waals surface area contributed by atoms with E-state index in [0.717, 1.165) is 11.8 Å². The van der Waals surface area contributed by atoms with Crippen molar-refractivity contribution in [1.29, 1.82) is 0 Å². The van der Waals surface area contributed by atoms with E-state index in [1.165, 1.54) is 56.3 Å². The van der Waals surface area contributed by atoms with Gasteiger partial charge in [0.1, 0.15) is 0 Å². The van der Waals surface area contributed by atoms with Crippen LogP contribution in [0.4, 0.5) is 0 Å². The topological polar surface area (TPSA) is 0 Å². The molecule has 0 aromatic carbocycles. The van der Waals surface area contributed by atoms with Crippen LogP contribution in [0.15, 0.2) is 0 Å². The summed E-state index contributed by atoms with van der Waals surface area (Å²) in [5.74, 6) is 1.93. The average molecular weight is 182 g/mol. The third-order valence-electron chi connectivity index (χ3n) is 4.45. The fourth-order valence-electron chi connectivity index (χ4n) is 3.33. The molecule has 0 aliphatic carbocycles. The van der Waals surface area contributed by atoms with Crippen LogP contribution in [0.2, 0.25) is 0 Å². The van der Waals surface area contributed by atoms with E-state index in [4.69, 9.17) is 0 Å². The van der Waals surface area contributed by atoms with Gasteiger partial charge in [0, 0.05) is 18.8 Å². The Bertz CT molecular complexity index is 170. The molecule has 0 radical (unpaired) electrons. The molecule has 0 aromatic rings. The summed E-state index contributed by atoms with van der Waals surface area (Å²) in [6.07, 6.45) is 5.93. The highest BCUT2D eigenvalue weighted by Crippen LogP contribution is 2.30. The van der Waals surface area contributed by atoms with Crippen LogP contribution in [0, 0.1) is 11.8 Å². The molecule has 2 saturated heterocycles. The van der Waals surface area contributed by atoms with Crippen LogP contribution in [-0.2, 0) is 0 Å². The van der Waals surface area contributed by atoms with Crippen molar-refractivity contribution in [1.82, 2.24) is 0 Å². The van der Waals surface area contributed by atoms with E-state index in [9.17, 15) is 0 Å². The van der Waals surface area contributed by atoms with Crippen LogP contribution < -0.4 is 0 Å². The first-order valence-electron chi connectivity index (χ1n) is 6.07. The lowest BCUT2D eigenvalue weighted by atomic mass is 9.93. The molecule has 2 rings (SSSR count). The van der Waals surface area contributed by atoms with Gasteiger partial charge in [0.2, 0.25) is 0 Å². The van der Waals surface area contributed by atoms with Gasteiger partial charge in [-0.25, -0.2) is 0 Å². The molecule has 2 unspecified atom stereocenters. The van der Waals surface area contributed by atoms with Crippen LogP contribution in [0.5, 0.6) is 0 Å². The summed E-state index contributed by atoms with van der Waals surface area (Å²) >= 11 is 0. The van der Waals surface area contributed by atoms with Crippen molar-refractivity contribution in [3.05, 3.63) is 0 Å². The lowest BCUT2D eigenvalue weighted by Gasteiger charge is -2.35. The van der Waals surface area contributed by atoms with Gasteiger partial charge in [-0.2, -0.15) is 0 Å². The SMILES string of the molecule is CC1CCC[N+]2(CCCC2)CC1C. The second-order valence-corrected chi connectivity index (χ2v) is 5.50. The van der Waals surface area contributed by atoms with Gasteiger partial charge in [-0.15, -0.1) is 0 Å². The first kappa shape index (κ1) is 9.51. The Kier molecular flexibility index (Phi) is 2.64. The number of hydrogen-bond donors (Lipinski definition) is 0. The van der Waals surface area contributed by atoms with Gasteiger partial charge in [0.05, 0.1) is 26.2 Å². The largest absolute Gasteiger partial charge is 0.323 e. The third kappa shape index (κ3) is 1.90. The van der Waals surface area contributed by atoms with Crippen molar-refractivity contribution in [3.8, 4) is 0 Å². The lowest BCUT2D eigenvalue weighted by Crippen LogP contribution is -2.47. The minimum Gasteiger partial charge on any atom is -0.323 e. The zero-order valence-electron chi connectivity index (χ0n) is 9.26. The van der Waals surface area contributed by atoms with E-state index in [2.05, 4.69) is 13.8 Å². The Morgan fingerprint density at radius 2 is 1.46 bits per heavy atom. The quantitative estimate of drug-likeness (QED) is 0.505. The van der Waals surface area contributed by atoms with E-state index < -0.39 is 0 Å². The number of hydrogen-bond acceptors (Lipinski definition) is 0. The fraction of sp³-hybridized carbons (Fsp3) is 1.00. The predicted molar refractivity (Wildman–Crippen MR) is 56.5 cm³/mol. The van der Waals surface area contributed by atoms with Gasteiger partial charge in [0.25, 0.3) is 0 Å². The summed E-state index contributed by atoms with van der Waals surface area (Å²) in [4.78, 5) is 0. The molecule has 1 spiro atoms. The molecule has 1 nitrogen and oxygen atoms in total. The molecule has 0 bridgehead atoms. The van der Waals surface area contributed by atoms with Gasteiger partial charge in [-0.1, -0.05) is 13.8 Å². The highest BCUT2D eigenvalue weighted by molar-refractivity contribution is 4.68. The van der Waals surface area contributed by atoms with Crippen molar-refractivity contribution in [2.75, 3.05) is 26.2 Å². The third-order valence-corrected chi connectivity index (χ3v) is 4.45. The second kappa shape index (κ2) is 3.61. The first-order chi connectivity index (χ1) is 6.22. The van der Waals surface area contributed by atoms with E-state index in [0.29, 0.717) is 0 Å². The summed E-state index contributed by atoms with van der Waals surface area (Å²) in [7, 11) is 0. The number of nitrogens with zero attached hydrogens (tertiary/aromatic N) is 1. The minimum absolute atomic E-state index is 0.959. The Balaban J connectivity index is 2.04. The Morgan fingerprint density at radius 3 is 2.15 bits per heavy atom. The van der Waals surface area contributed by atoms with Crippen LogP contribution in [0.3, 0.4) is 0 Å². The summed E-state index contributed by atoms with van der Waals surface area (Å²) < 4.78 is 1.48. The zero-order valence-corrected chi connectivity index (χ0v) is 9.26. The molecule has 2 atom stereocenters. The van der Waals surface area contributed by atoms with Gasteiger partial charge in [0.15, 0.2) is 0 Å². The Labute approximate surface area is 82.7 Å². The van der Waals surface area contributed by atoms with E-state index in [1.807, 2.05) is 0 Å². The molecular formula is C12H24N+. The monoisotopic (exact) mass is 182 g/mol. The van der Waals surface area contributed by atoms with Crippen LogP contribution in [-0.4, -0.2) is 30.7 Å². The molecule has 76 valence electrons. The van der Waals surface area contributed by atoms with E-state index in [-0.39, 0.29) is 0 Å². The van der Waals surface area contributed by atoms with Gasteiger partial charge < -0.3 is 4.48 Å². The predicted octanol–water partition coefficient (Wildman–Crippen LogP) is 2.66. The van der Waals surface area contributed by atoms with E-state index >= 15 is 0 Å². The number of quaternary nitrogens is 1. The van der Waals surface area contributed by atoms with Gasteiger partial charge >= 0.3 is 0 Å². The maximum atomic E-state index is 2.47. The molecule has 2 heterocycles. The van der Waals surface area contributed by atoms with Gasteiger partial charge in [-0.05, 0) is 18.8 Å². The summed E-state index contributed by atoms with van der Waals surface area (Å²) in [5, 5.41) is 0. The van der Waals surface area contributed by atoms with Gasteiger partial charge in [-0.3, -0.25) is 0 Å². The summed E-state index contributed by atoms with van der Waals surface area (Å²) in [6, 6.07) is 0. The minimum atomic E-state index is 0.959. The molecule has 0 aromatic heterocycles. The molecule has 1 heteroatoms. The zero-order chi connectivity index (χ0) is 9.31. The molecule has 0 saturated carbocycles. The molecule has 2 aliphatic rings. The molecule has 2 fully saturated rings. The van der Waals surface area contributed by atoms with Crippen molar-refractivity contribution in [2.24, 2.45) is 11.8 Å². The standard InChI is InChI=1S/C12H24N/c1-11-6-5-9-13(10-12(11)2)7-3-4-8-13/h11-12H,3-10H2,1-2H3/q+1. The molecule has 0 N–H and O–H groups in total. The van der Waals surface area contributed by atoms with Crippen LogP contribution in [0.25, 0.3) is 0 Å². The highest BCUT2D eigenvalue weighted by atomic mass is 15.4. The van der Waals surface area contributed by atoms with Crippen LogP contribution in [0.1, 0.15) is 39.5 Å². The summed E-state index contributed by atoms with van der Waals surface area (Å²) in [5.41, 5.74) is 0. The fourth-order valence-corrected chi connectivity index (χ4v) is 3.33. The first-order valence-corrected chi connectivity index (χ1v) is 6.07. The number of rotatable bonds is 0. The van der Waals surface area contributed by atoms with Crippen molar-refractivity contribution < 1.29 is 4.48 Å². The molecule has 13 heavy (non-hydrogen) atoms. The smallest absolute Gasteiger partial charge is 0.0815 e. The van der Waals surface area contributed by atoms with Crippen molar-refractivity contribution >= 4 is 0 Å². The van der Waals surface area contributed by atoms with E-state index in [1.54, 1.807) is 0 Å². The lowest BCUT2D eigenvalue weighted by molar-refractivity contribution is -0.918. The maximum Gasteiger partial charge on any atom is 0.0815 e. The Hall–Kier alpha value is -0.0400. The van der Waals surface area contributed by atoms with Crippen LogP contribution >= 0.6 is 0 Å². The molecular weight excluding hydrogens is 158 g/mol.